The van der Waals surface area contributed by atoms with Crippen molar-refractivity contribution in [1.82, 2.24) is 34.1 Å². The fraction of sp³-hybridized carbons (Fsp3) is 0.372. The predicted molar refractivity (Wildman–Crippen MR) is 231 cm³/mol. The number of hydrogen-bond donors (Lipinski definition) is 2. The zero-order chi connectivity index (χ0) is 40.9. The Morgan fingerprint density at radius 1 is 0.897 bits per heavy atom. The van der Waals surface area contributed by atoms with Crippen molar-refractivity contribution in [2.75, 3.05) is 77.2 Å². The lowest BCUT2D eigenvalue weighted by molar-refractivity contribution is -0.127. The summed E-state index contributed by atoms with van der Waals surface area (Å²) in [7, 11) is 3.08. The molecule has 2 saturated heterocycles. The molecule has 58 heavy (non-hydrogen) atoms. The van der Waals surface area contributed by atoms with Gasteiger partial charge in [-0.25, -0.2) is 9.97 Å². The number of halogens is 2. The molecule has 2 fully saturated rings. The van der Waals surface area contributed by atoms with E-state index >= 15 is 0 Å². The van der Waals surface area contributed by atoms with Crippen LogP contribution in [0.4, 0.5) is 17.3 Å². The van der Waals surface area contributed by atoms with Crippen LogP contribution in [0, 0.1) is 0 Å². The van der Waals surface area contributed by atoms with Crippen LogP contribution < -0.4 is 20.1 Å². The number of hydrogen-bond acceptors (Lipinski definition) is 10. The fourth-order valence-corrected chi connectivity index (χ4v) is 8.59. The zero-order valence-electron chi connectivity index (χ0n) is 33.2. The number of fused-ring (bicyclic) bond motifs is 3. The molecular formula is C43H49Cl2N9O4. The molecule has 2 aromatic carbocycles. The maximum atomic E-state index is 12.6. The van der Waals surface area contributed by atoms with Crippen LogP contribution in [0.25, 0.3) is 27.8 Å². The second kappa shape index (κ2) is 18.2. The highest BCUT2D eigenvalue weighted by Gasteiger charge is 2.25. The first-order chi connectivity index (χ1) is 28.1. The number of anilines is 3. The van der Waals surface area contributed by atoms with E-state index in [-0.39, 0.29) is 11.8 Å². The number of ether oxygens (including phenoxy) is 2. The van der Waals surface area contributed by atoms with Crippen molar-refractivity contribution in [3.8, 4) is 22.6 Å². The highest BCUT2D eigenvalue weighted by molar-refractivity contribution is 6.41. The van der Waals surface area contributed by atoms with Gasteiger partial charge in [0.25, 0.3) is 0 Å². The molecule has 7 rings (SSSR count). The quantitative estimate of drug-likeness (QED) is 0.108. The third kappa shape index (κ3) is 8.63. The average Bonchev–Trinajstić information content (AvgIpc) is 3.69. The number of aromatic nitrogens is 4. The third-order valence-electron chi connectivity index (χ3n) is 11.2. The number of rotatable bonds is 14. The van der Waals surface area contributed by atoms with Crippen LogP contribution in [-0.4, -0.2) is 112 Å². The molecule has 0 atom stereocenters. The molecule has 13 nitrogen and oxygen atoms in total. The van der Waals surface area contributed by atoms with E-state index in [2.05, 4.69) is 46.6 Å². The Balaban J connectivity index is 1.24. The molecule has 304 valence electrons. The van der Waals surface area contributed by atoms with Gasteiger partial charge in [0.05, 0.1) is 41.3 Å². The number of nitrogens with zero attached hydrogens (tertiary/aromatic N) is 7. The average molecular weight is 827 g/mol. The van der Waals surface area contributed by atoms with Crippen LogP contribution in [0.15, 0.2) is 68.0 Å². The Morgan fingerprint density at radius 3 is 2.28 bits per heavy atom. The Morgan fingerprint density at radius 2 is 1.62 bits per heavy atom. The van der Waals surface area contributed by atoms with Gasteiger partial charge in [0.15, 0.2) is 5.65 Å². The van der Waals surface area contributed by atoms with Gasteiger partial charge in [-0.2, -0.15) is 4.98 Å². The van der Waals surface area contributed by atoms with E-state index in [1.165, 1.54) is 17.7 Å². The molecule has 0 saturated carbocycles. The maximum Gasteiger partial charge on any atom is 0.247 e. The molecule has 2 aliphatic rings. The Labute approximate surface area is 348 Å². The van der Waals surface area contributed by atoms with Gasteiger partial charge < -0.3 is 29.9 Å². The van der Waals surface area contributed by atoms with Crippen molar-refractivity contribution >= 4 is 69.0 Å². The van der Waals surface area contributed by atoms with Crippen molar-refractivity contribution in [1.29, 1.82) is 0 Å². The van der Waals surface area contributed by atoms with Crippen LogP contribution in [0.1, 0.15) is 43.4 Å². The number of imidazole rings is 1. The van der Waals surface area contributed by atoms with Crippen LogP contribution in [0.3, 0.4) is 0 Å². The van der Waals surface area contributed by atoms with Gasteiger partial charge in [0.2, 0.25) is 17.8 Å². The lowest BCUT2D eigenvalue weighted by Gasteiger charge is -2.34. The SMILES string of the molecule is C=CC(=O)Nc1cc(C2CCN(CC)CC2)ccc1Nc1ncc2cc(-c3c(Cl)c(OC)cc(OC)c3Cl)c3nc(CCCN4CCN(C(=O)C=C)CC4)cn3c2n1. The summed E-state index contributed by atoms with van der Waals surface area (Å²) in [6, 6.07) is 9.71. The molecule has 0 spiro atoms. The number of amides is 2. The predicted octanol–water partition coefficient (Wildman–Crippen LogP) is 7.60. The molecule has 3 aromatic heterocycles. The first-order valence-electron chi connectivity index (χ1n) is 19.6. The summed E-state index contributed by atoms with van der Waals surface area (Å²) in [4.78, 5) is 46.2. The largest absolute Gasteiger partial charge is 0.495 e. The normalized spacial score (nSPS) is 15.4. The van der Waals surface area contributed by atoms with E-state index in [1.807, 2.05) is 33.7 Å². The molecule has 0 aliphatic carbocycles. The molecule has 5 heterocycles. The summed E-state index contributed by atoms with van der Waals surface area (Å²) in [6.45, 7) is 16.5. The number of pyridine rings is 1. The van der Waals surface area contributed by atoms with Gasteiger partial charge in [-0.05, 0) is 93.7 Å². The van der Waals surface area contributed by atoms with Crippen LogP contribution in [0.5, 0.6) is 11.5 Å². The maximum absolute atomic E-state index is 12.6. The standard InChI is InChI=1S/C43H49Cl2N9O4/c1-6-36(55)48-33-23-28(27-13-16-51(8-3)17-14-27)11-12-32(33)49-43-46-25-29-22-31(38-39(44)34(57-4)24-35(58-5)40(38)45)42-47-30(26-54(42)41(29)50-43)10-9-15-52-18-20-53(21-19-52)37(56)7-2/h6-7,11-12,22-27H,1-2,8-10,13-21H2,3-5H3,(H,48,55)(H,46,49,50). The smallest absolute Gasteiger partial charge is 0.247 e. The topological polar surface area (TPSA) is 129 Å². The Hall–Kier alpha value is -5.21. The monoisotopic (exact) mass is 825 g/mol. The van der Waals surface area contributed by atoms with Crippen molar-refractivity contribution in [2.45, 2.75) is 38.5 Å². The number of likely N-dealkylation sites (tertiary alicyclic amines) is 1. The third-order valence-corrected chi connectivity index (χ3v) is 11.9. The molecule has 15 heteroatoms. The van der Waals surface area contributed by atoms with Gasteiger partial charge >= 0.3 is 0 Å². The summed E-state index contributed by atoms with van der Waals surface area (Å²) < 4.78 is 13.2. The summed E-state index contributed by atoms with van der Waals surface area (Å²) >= 11 is 14.0. The number of methoxy groups -OCH3 is 2. The summed E-state index contributed by atoms with van der Waals surface area (Å²) in [5.74, 6) is 1.21. The van der Waals surface area contributed by atoms with E-state index in [0.717, 1.165) is 64.2 Å². The number of aryl methyl sites for hydroxylation is 1. The molecule has 0 unspecified atom stereocenters. The van der Waals surface area contributed by atoms with E-state index in [4.69, 9.17) is 47.6 Å². The minimum Gasteiger partial charge on any atom is -0.495 e. The number of piperazine rings is 1. The number of benzene rings is 2. The van der Waals surface area contributed by atoms with Gasteiger partial charge in [-0.1, -0.05) is 49.3 Å². The molecule has 0 radical (unpaired) electrons. The van der Waals surface area contributed by atoms with Crippen LogP contribution in [-0.2, 0) is 16.0 Å². The summed E-state index contributed by atoms with van der Waals surface area (Å²) in [5.41, 5.74) is 5.70. The molecule has 2 aliphatic heterocycles. The highest BCUT2D eigenvalue weighted by Crippen LogP contribution is 2.47. The van der Waals surface area contributed by atoms with Crippen molar-refractivity contribution < 1.29 is 19.1 Å². The van der Waals surface area contributed by atoms with Crippen molar-refractivity contribution in [2.24, 2.45) is 0 Å². The lowest BCUT2D eigenvalue weighted by atomic mass is 9.89. The van der Waals surface area contributed by atoms with E-state index in [0.29, 0.717) is 92.1 Å². The number of nitrogens with one attached hydrogen (secondary N) is 2. The van der Waals surface area contributed by atoms with Crippen molar-refractivity contribution in [3.05, 3.63) is 89.3 Å². The van der Waals surface area contributed by atoms with Crippen molar-refractivity contribution in [3.63, 3.8) is 0 Å². The Kier molecular flexibility index (Phi) is 12.8. The van der Waals surface area contributed by atoms with Gasteiger partial charge in [-0.15, -0.1) is 0 Å². The van der Waals surface area contributed by atoms with E-state index < -0.39 is 0 Å². The second-order valence-corrected chi connectivity index (χ2v) is 15.3. The molecule has 2 amide bonds. The summed E-state index contributed by atoms with van der Waals surface area (Å²) in [6.07, 6.45) is 10.0. The molecule has 0 bridgehead atoms. The summed E-state index contributed by atoms with van der Waals surface area (Å²) in [5, 5.41) is 7.71. The lowest BCUT2D eigenvalue weighted by Crippen LogP contribution is -2.48. The van der Waals surface area contributed by atoms with Gasteiger partial charge in [0, 0.05) is 61.2 Å². The number of piperidine rings is 1. The minimum absolute atomic E-state index is 0.0282. The second-order valence-electron chi connectivity index (χ2n) is 14.5. The molecular weight excluding hydrogens is 777 g/mol. The zero-order valence-corrected chi connectivity index (χ0v) is 34.7. The first-order valence-corrected chi connectivity index (χ1v) is 20.4. The van der Waals surface area contributed by atoms with E-state index in [1.54, 1.807) is 26.5 Å². The van der Waals surface area contributed by atoms with E-state index in [9.17, 15) is 9.59 Å². The molecule has 2 N–H and O–H groups in total. The van der Waals surface area contributed by atoms with Gasteiger partial charge in [0.1, 0.15) is 17.1 Å². The van der Waals surface area contributed by atoms with Gasteiger partial charge in [-0.3, -0.25) is 18.9 Å². The first kappa shape index (κ1) is 41.0. The fourth-order valence-electron chi connectivity index (χ4n) is 7.88. The number of carbonyl (C=O) groups is 2. The van der Waals surface area contributed by atoms with Crippen LogP contribution in [0.2, 0.25) is 10.0 Å². The van der Waals surface area contributed by atoms with Crippen LogP contribution >= 0.6 is 23.2 Å². The highest BCUT2D eigenvalue weighted by atomic mass is 35.5. The number of carbonyl (C=O) groups excluding carboxylic acids is 2. The Bertz CT molecular complexity index is 2320. The minimum atomic E-state index is -0.308. The molecule has 5 aromatic rings.